The molecule has 6 rings (SSSR count). The van der Waals surface area contributed by atoms with Crippen molar-refractivity contribution in [2.75, 3.05) is 0 Å². The lowest BCUT2D eigenvalue weighted by atomic mass is 10.0. The highest BCUT2D eigenvalue weighted by atomic mass is 32.3. The van der Waals surface area contributed by atoms with Gasteiger partial charge >= 0.3 is 12.1 Å². The van der Waals surface area contributed by atoms with Crippen molar-refractivity contribution in [3.63, 3.8) is 0 Å². The van der Waals surface area contributed by atoms with Gasteiger partial charge in [-0.2, -0.15) is 13.2 Å². The minimum absolute atomic E-state index is 0.0118. The highest BCUT2D eigenvalue weighted by Crippen LogP contribution is 2.56. The summed E-state index contributed by atoms with van der Waals surface area (Å²) < 4.78 is 91.7. The van der Waals surface area contributed by atoms with Gasteiger partial charge in [0.15, 0.2) is 5.65 Å². The minimum atomic E-state index is -5.55. The summed E-state index contributed by atoms with van der Waals surface area (Å²) in [5, 5.41) is -0.945. The molecule has 1 aliphatic rings. The van der Waals surface area contributed by atoms with E-state index in [-0.39, 0.29) is 34.3 Å². The van der Waals surface area contributed by atoms with Crippen LogP contribution in [0, 0.1) is 0 Å². The van der Waals surface area contributed by atoms with Gasteiger partial charge in [-0.25, -0.2) is 23.2 Å². The number of halogens is 3. The molecule has 0 radical (unpaired) electrons. The van der Waals surface area contributed by atoms with E-state index >= 15 is 0 Å². The molecule has 3 heterocycles. The molecule has 17 heteroatoms. The molecule has 0 aliphatic carbocycles. The van der Waals surface area contributed by atoms with Crippen LogP contribution in [0.4, 0.5) is 13.2 Å². The number of hydroxylamine groups is 1. The molecular weight excluding hydrogens is 675 g/mol. The van der Waals surface area contributed by atoms with Crippen LogP contribution >= 0.6 is 10.8 Å². The molecule has 0 spiro atoms. The normalized spacial score (nSPS) is 17.6. The van der Waals surface area contributed by atoms with Crippen molar-refractivity contribution in [3.05, 3.63) is 114 Å². The van der Waals surface area contributed by atoms with Crippen molar-refractivity contribution in [2.24, 2.45) is 0 Å². The van der Waals surface area contributed by atoms with E-state index in [0.717, 1.165) is 5.56 Å². The Balaban J connectivity index is 1.42. The number of sulfonamides is 1. The Morgan fingerprint density at radius 1 is 0.979 bits per heavy atom. The zero-order valence-electron chi connectivity index (χ0n) is 24.5. The minimum Gasteiger partial charge on any atom is -0.344 e. The van der Waals surface area contributed by atoms with Crippen molar-refractivity contribution in [3.8, 4) is 11.1 Å². The highest BCUT2D eigenvalue weighted by molar-refractivity contribution is 8.23. The van der Waals surface area contributed by atoms with E-state index in [1.54, 1.807) is 42.5 Å². The van der Waals surface area contributed by atoms with Crippen molar-refractivity contribution >= 4 is 43.8 Å². The first kappa shape index (κ1) is 33.1. The molecule has 1 unspecified atom stereocenters. The summed E-state index contributed by atoms with van der Waals surface area (Å²) >= 11 is 0. The van der Waals surface area contributed by atoms with Crippen LogP contribution in [0.3, 0.4) is 0 Å². The molecule has 2 aromatic heterocycles. The number of pyridine rings is 1. The van der Waals surface area contributed by atoms with Crippen LogP contribution in [0.25, 0.3) is 22.3 Å². The number of hydrogen-bond acceptors (Lipinski definition) is 9. The highest BCUT2D eigenvalue weighted by Gasteiger charge is 2.47. The number of amides is 1. The molecule has 3 aromatic carbocycles. The monoisotopic (exact) mass is 701 g/mol. The van der Waals surface area contributed by atoms with Crippen molar-refractivity contribution in [1.29, 1.82) is 0 Å². The Hall–Kier alpha value is -4.81. The van der Waals surface area contributed by atoms with Gasteiger partial charge in [-0.15, -0.1) is 10.8 Å². The second-order valence-corrected chi connectivity index (χ2v) is 14.5. The zero-order valence-corrected chi connectivity index (χ0v) is 26.2. The quantitative estimate of drug-likeness (QED) is 0.138. The Bertz CT molecular complexity index is 2040. The van der Waals surface area contributed by atoms with Crippen molar-refractivity contribution in [2.45, 2.75) is 35.2 Å². The lowest BCUT2D eigenvalue weighted by Crippen LogP contribution is -2.42. The number of H-pyrrole nitrogens is 1. The van der Waals surface area contributed by atoms with Gasteiger partial charge in [0.25, 0.3) is 10.0 Å². The third kappa shape index (κ3) is 6.76. The molecule has 12 nitrogen and oxygen atoms in total. The molecule has 1 amide bonds. The summed E-state index contributed by atoms with van der Waals surface area (Å²) in [7, 11) is -8.47. The van der Waals surface area contributed by atoms with E-state index in [2.05, 4.69) is 24.5 Å². The summed E-state index contributed by atoms with van der Waals surface area (Å²) in [5.74, 6) is -3.50. The Morgan fingerprint density at radius 2 is 1.65 bits per heavy atom. The SMILES string of the molecule is O=C1CC(c2ccc(C[C@@H](c3nc4cccnc4[nH]3)N(OC(=O)C(F)(F)F)S(=O)(=O)c3ccc(-c4ccccc4)cc3)cc2)S(O)(O)N1. The average Bonchev–Trinajstić information content (AvgIpc) is 3.61. The largest absolute Gasteiger partial charge is 0.492 e. The lowest BCUT2D eigenvalue weighted by Gasteiger charge is -2.33. The van der Waals surface area contributed by atoms with E-state index in [4.69, 9.17) is 0 Å². The summed E-state index contributed by atoms with van der Waals surface area (Å²) in [4.78, 5) is 39.6. The van der Waals surface area contributed by atoms with E-state index in [1.165, 1.54) is 54.7 Å². The van der Waals surface area contributed by atoms with Gasteiger partial charge in [-0.05, 0) is 57.4 Å². The number of benzene rings is 3. The molecule has 1 fully saturated rings. The molecule has 48 heavy (non-hydrogen) atoms. The molecule has 2 atom stereocenters. The molecule has 1 aliphatic heterocycles. The van der Waals surface area contributed by atoms with Gasteiger partial charge in [0.1, 0.15) is 22.6 Å². The van der Waals surface area contributed by atoms with Gasteiger partial charge in [0, 0.05) is 6.20 Å². The van der Waals surface area contributed by atoms with Gasteiger partial charge in [-0.1, -0.05) is 66.7 Å². The van der Waals surface area contributed by atoms with Gasteiger partial charge in [0.2, 0.25) is 5.91 Å². The number of carbonyl (C=O) groups excluding carboxylic acids is 2. The fraction of sp³-hybridized carbons (Fsp3) is 0.161. The summed E-state index contributed by atoms with van der Waals surface area (Å²) in [6.45, 7) is 0. The molecule has 5 aromatic rings. The Morgan fingerprint density at radius 3 is 2.25 bits per heavy atom. The fourth-order valence-electron chi connectivity index (χ4n) is 5.22. The lowest BCUT2D eigenvalue weighted by molar-refractivity contribution is -0.227. The summed E-state index contributed by atoms with van der Waals surface area (Å²) in [5.41, 5.74) is 2.58. The van der Waals surface area contributed by atoms with E-state index in [0.29, 0.717) is 16.7 Å². The standard InChI is InChI=1S/C31H26F3N5O7S2/c32-31(33,34)30(41)46-39(48(44,45)23-14-12-21(13-15-23)20-5-2-1-3-6-20)25(29-36-24-7-4-16-35-28(24)37-29)17-19-8-10-22(11-9-19)26-18-27(40)38-47(26,42)43/h1-16,25-26,42-43H,17-18H2,(H,38,40)(H,35,36,37)/t25-,26?/m0/s1. The summed E-state index contributed by atoms with van der Waals surface area (Å²) in [6, 6.07) is 21.6. The third-order valence-corrected chi connectivity index (χ3v) is 11.0. The van der Waals surface area contributed by atoms with Crippen LogP contribution < -0.4 is 4.72 Å². The number of alkyl halides is 3. The predicted molar refractivity (Wildman–Crippen MR) is 168 cm³/mol. The predicted octanol–water partition coefficient (Wildman–Crippen LogP) is 5.85. The second kappa shape index (κ2) is 12.7. The number of carbonyl (C=O) groups is 2. The van der Waals surface area contributed by atoms with E-state index in [1.807, 2.05) is 0 Å². The number of rotatable bonds is 9. The second-order valence-electron chi connectivity index (χ2n) is 10.8. The van der Waals surface area contributed by atoms with E-state index in [9.17, 15) is 40.3 Å². The van der Waals surface area contributed by atoms with Crippen LogP contribution in [0.15, 0.2) is 102 Å². The number of nitrogens with zero attached hydrogens (tertiary/aromatic N) is 3. The molecule has 250 valence electrons. The Labute approximate surface area is 273 Å². The van der Waals surface area contributed by atoms with Crippen molar-refractivity contribution < 1.29 is 45.1 Å². The Kier molecular flexibility index (Phi) is 8.73. The average molecular weight is 702 g/mol. The van der Waals surface area contributed by atoms with Crippen LogP contribution in [0.2, 0.25) is 0 Å². The number of imidazole rings is 1. The van der Waals surface area contributed by atoms with E-state index < -0.39 is 55.0 Å². The first-order valence-electron chi connectivity index (χ1n) is 14.2. The first-order chi connectivity index (χ1) is 22.7. The summed E-state index contributed by atoms with van der Waals surface area (Å²) in [6.07, 6.45) is -4.68. The number of fused-ring (bicyclic) bond motifs is 1. The molecule has 1 saturated heterocycles. The van der Waals surface area contributed by atoms with Gasteiger partial charge < -0.3 is 9.82 Å². The van der Waals surface area contributed by atoms with Crippen LogP contribution in [-0.2, 0) is 30.9 Å². The van der Waals surface area contributed by atoms with Crippen LogP contribution in [0.5, 0.6) is 0 Å². The van der Waals surface area contributed by atoms with Crippen LogP contribution in [0.1, 0.15) is 34.7 Å². The molecular formula is C31H26F3N5O7S2. The third-order valence-electron chi connectivity index (χ3n) is 7.56. The van der Waals surface area contributed by atoms with Crippen molar-refractivity contribution in [1.82, 2.24) is 24.1 Å². The maximum absolute atomic E-state index is 14.1. The first-order valence-corrected chi connectivity index (χ1v) is 17.2. The van der Waals surface area contributed by atoms with Gasteiger partial charge in [-0.3, -0.25) is 18.6 Å². The smallest absolute Gasteiger partial charge is 0.344 e. The maximum atomic E-state index is 14.1. The topological polar surface area (TPSA) is 175 Å². The van der Waals surface area contributed by atoms with Gasteiger partial charge in [0.05, 0.1) is 11.3 Å². The fourth-order valence-corrected chi connectivity index (χ4v) is 8.07. The number of aromatic nitrogens is 3. The number of aromatic amines is 1. The maximum Gasteiger partial charge on any atom is 0.492 e. The number of nitrogens with one attached hydrogen (secondary N) is 2. The molecule has 4 N–H and O–H groups in total. The number of hydrogen-bond donors (Lipinski definition) is 4. The molecule has 0 saturated carbocycles. The zero-order chi connectivity index (χ0) is 34.3. The van der Waals surface area contributed by atoms with Crippen LogP contribution in [-0.4, -0.2) is 55.0 Å². The molecule has 0 bridgehead atoms.